The summed E-state index contributed by atoms with van der Waals surface area (Å²) in [6.45, 7) is 2.20. The summed E-state index contributed by atoms with van der Waals surface area (Å²) in [4.78, 5) is 41.0. The van der Waals surface area contributed by atoms with Gasteiger partial charge in [-0.3, -0.25) is 19.7 Å². The third-order valence-corrected chi connectivity index (χ3v) is 8.36. The predicted molar refractivity (Wildman–Crippen MR) is 157 cm³/mol. The van der Waals surface area contributed by atoms with Crippen molar-refractivity contribution in [2.75, 3.05) is 6.61 Å². The molecule has 3 heterocycles. The molecule has 13 heteroatoms. The van der Waals surface area contributed by atoms with Gasteiger partial charge in [-0.05, 0) is 41.0 Å². The van der Waals surface area contributed by atoms with Crippen LogP contribution in [0.2, 0.25) is 0 Å². The molecular weight excluding hydrogens is 476 g/mol. The highest BCUT2D eigenvalue weighted by atomic mass is 16.5. The second kappa shape index (κ2) is 10.0. The topological polar surface area (TPSA) is 88.2 Å². The lowest BCUT2D eigenvalue weighted by Crippen LogP contribution is -2.70. The van der Waals surface area contributed by atoms with Gasteiger partial charge in [-0.1, -0.05) is 30.3 Å². The molecule has 0 aromatic heterocycles. The minimum absolute atomic E-state index is 0.0520. The van der Waals surface area contributed by atoms with Crippen LogP contribution in [0.4, 0.5) is 0 Å². The Hall–Kier alpha value is -2.91. The van der Waals surface area contributed by atoms with Crippen molar-refractivity contribution in [3.8, 4) is 5.75 Å². The molecule has 1 N–H and O–H groups in total. The quantitative estimate of drug-likeness (QED) is 0.324. The Labute approximate surface area is 228 Å². The zero-order chi connectivity index (χ0) is 27.2. The van der Waals surface area contributed by atoms with Crippen LogP contribution < -0.4 is 10.1 Å². The second-order valence-corrected chi connectivity index (χ2v) is 11.8. The van der Waals surface area contributed by atoms with Crippen LogP contribution in [-0.2, 0) is 34.0 Å². The van der Waals surface area contributed by atoms with E-state index in [0.717, 1.165) is 17.7 Å². The minimum Gasteiger partial charge on any atom is -0.489 e. The molecule has 2 saturated heterocycles. The van der Waals surface area contributed by atoms with E-state index in [0.29, 0.717) is 37.5 Å². The molecule has 2 aromatic rings. The van der Waals surface area contributed by atoms with Gasteiger partial charge < -0.3 is 19.3 Å². The van der Waals surface area contributed by atoms with E-state index in [4.69, 9.17) is 9.47 Å². The number of ether oxygens (including phenoxy) is 2. The van der Waals surface area contributed by atoms with Crippen LogP contribution in [0.25, 0.3) is 0 Å². The van der Waals surface area contributed by atoms with Crippen LogP contribution in [0.5, 0.6) is 5.75 Å². The number of nitrogens with one attached hydrogen (secondary N) is 1. The Bertz CT molecular complexity index is 1270. The van der Waals surface area contributed by atoms with Gasteiger partial charge in [0.15, 0.2) is 0 Å². The van der Waals surface area contributed by atoms with Gasteiger partial charge in [0.05, 0.1) is 6.54 Å². The number of carbonyl (C=O) groups is 3. The van der Waals surface area contributed by atoms with Crippen LogP contribution in [-0.4, -0.2) is 96.1 Å². The number of fused-ring (bicyclic) bond motifs is 1. The summed E-state index contributed by atoms with van der Waals surface area (Å²) in [5.41, 5.74) is 3.60. The molecule has 2 aromatic carbocycles. The number of carbonyl (C=O) groups excluding carboxylic acids is 3. The van der Waals surface area contributed by atoms with Gasteiger partial charge in [-0.2, -0.15) is 0 Å². The Morgan fingerprint density at radius 1 is 1.03 bits per heavy atom. The minimum atomic E-state index is -0.641. The molecule has 3 amide bonds. The molecule has 2 atom stereocenters. The average molecular weight is 509 g/mol. The standard InChI is InChI=1S/C25H32B5N3O5/c26-23-25(29,30)38-13-24(27,28)33(23)10-14-4-6-15(7-5-14)12-37-19-3-1-2-16-17(19)11-32(22(16)36)18-8-9-20(34)31-21(18)35/h1-7,18,23H,8-13,26-30H2,(H,31,34,35). The first-order valence-electron chi connectivity index (χ1n) is 13.3. The summed E-state index contributed by atoms with van der Waals surface area (Å²) in [7, 11) is 11.0. The fraction of sp³-hybridized carbons (Fsp3) is 0.400. The van der Waals surface area contributed by atoms with Crippen molar-refractivity contribution in [3.63, 3.8) is 0 Å². The van der Waals surface area contributed by atoms with E-state index in [1.54, 1.807) is 17.0 Å². The smallest absolute Gasteiger partial charge is 0.255 e. The molecular formula is C25H32B5N3O5. The summed E-state index contributed by atoms with van der Waals surface area (Å²) in [6.07, 6.45) is 0.570. The van der Waals surface area contributed by atoms with Crippen molar-refractivity contribution in [2.24, 2.45) is 0 Å². The summed E-state index contributed by atoms with van der Waals surface area (Å²) in [5.74, 6) is 0.00585. The van der Waals surface area contributed by atoms with Crippen LogP contribution in [0.1, 0.15) is 39.9 Å². The van der Waals surface area contributed by atoms with Gasteiger partial charge in [0.2, 0.25) is 11.8 Å². The van der Waals surface area contributed by atoms with E-state index >= 15 is 0 Å². The monoisotopic (exact) mass is 509 g/mol. The van der Waals surface area contributed by atoms with Crippen LogP contribution in [0.15, 0.2) is 42.5 Å². The first-order valence-corrected chi connectivity index (χ1v) is 13.3. The van der Waals surface area contributed by atoms with E-state index in [1.807, 2.05) is 6.07 Å². The molecule has 2 unspecified atom stereocenters. The molecule has 3 aliphatic heterocycles. The maximum Gasteiger partial charge on any atom is 0.255 e. The van der Waals surface area contributed by atoms with E-state index in [1.165, 1.54) is 5.56 Å². The fourth-order valence-corrected chi connectivity index (χ4v) is 5.61. The maximum atomic E-state index is 13.1. The number of rotatable bonds is 6. The average Bonchev–Trinajstić information content (AvgIpc) is 3.21. The van der Waals surface area contributed by atoms with Crippen LogP contribution in [0, 0.1) is 0 Å². The lowest BCUT2D eigenvalue weighted by molar-refractivity contribution is -0.136. The second-order valence-electron chi connectivity index (χ2n) is 11.8. The zero-order valence-electron chi connectivity index (χ0n) is 22.9. The largest absolute Gasteiger partial charge is 0.489 e. The SMILES string of the molecule is BC1N(Cc2ccc(COc3cccc4c3CN(C3CCC(=O)NC3=O)C4=O)cc2)C(B)(B)COC1(B)B. The van der Waals surface area contributed by atoms with E-state index in [2.05, 4.69) is 73.7 Å². The Kier molecular flexibility index (Phi) is 7.03. The number of benzene rings is 2. The van der Waals surface area contributed by atoms with Crippen molar-refractivity contribution < 1.29 is 23.9 Å². The lowest BCUT2D eigenvalue weighted by Gasteiger charge is -2.55. The Morgan fingerprint density at radius 2 is 1.74 bits per heavy atom. The summed E-state index contributed by atoms with van der Waals surface area (Å²) in [6, 6.07) is 13.2. The van der Waals surface area contributed by atoms with Gasteiger partial charge in [0.25, 0.3) is 5.91 Å². The molecule has 0 saturated carbocycles. The van der Waals surface area contributed by atoms with Gasteiger partial charge >= 0.3 is 0 Å². The molecule has 0 aliphatic carbocycles. The number of imide groups is 1. The Balaban J connectivity index is 1.24. The molecule has 0 spiro atoms. The van der Waals surface area contributed by atoms with E-state index < -0.39 is 11.9 Å². The molecule has 3 aliphatic rings. The fourth-order valence-electron chi connectivity index (χ4n) is 5.61. The van der Waals surface area contributed by atoms with Crippen molar-refractivity contribution in [2.45, 2.75) is 55.3 Å². The highest BCUT2D eigenvalue weighted by Gasteiger charge is 2.43. The number of hydrogen-bond donors (Lipinski definition) is 1. The number of hydrogen-bond acceptors (Lipinski definition) is 6. The lowest BCUT2D eigenvalue weighted by atomic mass is 9.49. The van der Waals surface area contributed by atoms with Crippen molar-refractivity contribution >= 4 is 57.0 Å². The maximum absolute atomic E-state index is 13.1. The first kappa shape index (κ1) is 26.7. The zero-order valence-corrected chi connectivity index (χ0v) is 22.9. The highest BCUT2D eigenvalue weighted by Crippen LogP contribution is 2.34. The number of piperidine rings is 1. The molecule has 38 heavy (non-hydrogen) atoms. The molecule has 0 radical (unpaired) electrons. The molecule has 0 bridgehead atoms. The van der Waals surface area contributed by atoms with Crippen molar-refractivity contribution in [1.29, 1.82) is 0 Å². The number of amides is 3. The van der Waals surface area contributed by atoms with Gasteiger partial charge in [-0.15, -0.1) is 0 Å². The summed E-state index contributed by atoms with van der Waals surface area (Å²) < 4.78 is 12.3. The van der Waals surface area contributed by atoms with E-state index in [-0.39, 0.29) is 34.9 Å². The molecule has 8 nitrogen and oxygen atoms in total. The van der Waals surface area contributed by atoms with Gasteiger partial charge in [-0.25, -0.2) is 0 Å². The summed E-state index contributed by atoms with van der Waals surface area (Å²) >= 11 is 0. The van der Waals surface area contributed by atoms with Crippen molar-refractivity contribution in [3.05, 3.63) is 64.7 Å². The Morgan fingerprint density at radius 3 is 2.45 bits per heavy atom. The highest BCUT2D eigenvalue weighted by molar-refractivity contribution is 6.45. The van der Waals surface area contributed by atoms with Gasteiger partial charge in [0, 0.05) is 36.1 Å². The predicted octanol–water partition coefficient (Wildman–Crippen LogP) is -3.34. The molecule has 2 fully saturated rings. The molecule has 192 valence electrons. The molecule has 5 rings (SSSR count). The third-order valence-electron chi connectivity index (χ3n) is 8.36. The third kappa shape index (κ3) is 5.06. The van der Waals surface area contributed by atoms with E-state index in [9.17, 15) is 14.4 Å². The van der Waals surface area contributed by atoms with Crippen molar-refractivity contribution in [1.82, 2.24) is 15.1 Å². The van der Waals surface area contributed by atoms with Crippen LogP contribution >= 0.6 is 0 Å². The van der Waals surface area contributed by atoms with Gasteiger partial charge in [0.1, 0.15) is 57.6 Å². The normalized spacial score (nSPS) is 24.6. The van der Waals surface area contributed by atoms with Crippen LogP contribution in [0.3, 0.4) is 0 Å². The number of morpholine rings is 1. The number of nitrogens with zero attached hydrogens (tertiary/aromatic N) is 2. The first-order chi connectivity index (χ1) is 18.0. The summed E-state index contributed by atoms with van der Waals surface area (Å²) in [5, 5.41) is 2.09.